The molecule has 10 aliphatic rings. The molecule has 11 rings (SSSR count). The number of hydrogen-bond donors (Lipinski definition) is 2. The van der Waals surface area contributed by atoms with Gasteiger partial charge in [0.05, 0.1) is 5.56 Å². The number of hydrazone groups is 10. The van der Waals surface area contributed by atoms with Gasteiger partial charge in [0.2, 0.25) is 0 Å². The number of rotatable bonds is 10. The fourth-order valence-electron chi connectivity index (χ4n) is 5.07. The summed E-state index contributed by atoms with van der Waals surface area (Å²) in [5.41, 5.74) is 0.201. The van der Waals surface area contributed by atoms with Crippen molar-refractivity contribution in [3.8, 4) is 5.75 Å². The summed E-state index contributed by atoms with van der Waals surface area (Å²) in [7, 11) is 0. The van der Waals surface area contributed by atoms with E-state index in [-0.39, 0.29) is 76.1 Å². The number of benzene rings is 1. The molecule has 0 atom stereocenters. The van der Waals surface area contributed by atoms with Crippen LogP contribution in [0.1, 0.15) is 10.4 Å². The van der Waals surface area contributed by atoms with Gasteiger partial charge in [0, 0.05) is 0 Å². The molecule has 10 aliphatic heterocycles. The van der Waals surface area contributed by atoms with E-state index in [2.05, 4.69) is 51.0 Å². The van der Waals surface area contributed by atoms with Crippen molar-refractivity contribution in [1.82, 2.24) is 51.7 Å². The molecule has 34 nitrogen and oxygen atoms in total. The van der Waals surface area contributed by atoms with Gasteiger partial charge < -0.3 is 48.6 Å². The van der Waals surface area contributed by atoms with Gasteiger partial charge in [0.1, 0.15) is 12.3 Å². The van der Waals surface area contributed by atoms with Crippen molar-refractivity contribution in [3.63, 3.8) is 0 Å². The fourth-order valence-corrected chi connectivity index (χ4v) is 5.07. The molecule has 0 radical (unpaired) electrons. The number of nitrogens with zero attached hydrogens (tertiary/aromatic N) is 20. The molecule has 1 aromatic rings. The SMILES string of the molecule is O=C(OOC1=NN(OC2=NN(OC3=NN(OC4=NN(OC5=NN(OC6=NN(OC7=NN(OC8=NN(OC9=NN(OC%10=NN(O)C%10)C9)C8)C7)C6)C5)C4)C3)C2)C1)c1ccc(O)cc1. The third-order valence-corrected chi connectivity index (χ3v) is 8.16. The third kappa shape index (κ3) is 7.76. The minimum Gasteiger partial charge on any atom is -0.508 e. The van der Waals surface area contributed by atoms with E-state index in [1.807, 2.05) is 0 Å². The Kier molecular flexibility index (Phi) is 8.23. The van der Waals surface area contributed by atoms with Crippen LogP contribution in [0.2, 0.25) is 0 Å². The van der Waals surface area contributed by atoms with Gasteiger partial charge in [-0.15, -0.1) is 92.5 Å². The van der Waals surface area contributed by atoms with E-state index in [9.17, 15) is 9.90 Å². The molecule has 0 amide bonds. The van der Waals surface area contributed by atoms with Crippen molar-refractivity contribution >= 4 is 64.9 Å². The highest BCUT2D eigenvalue weighted by atomic mass is 17.2. The Labute approximate surface area is 337 Å². The van der Waals surface area contributed by atoms with E-state index in [1.54, 1.807) is 0 Å². The zero-order valence-electron chi connectivity index (χ0n) is 30.6. The molecule has 0 spiro atoms. The number of carbonyl (C=O) groups excluding carboxylic acids is 1. The maximum atomic E-state index is 11.9. The molecule has 1 aromatic carbocycles. The van der Waals surface area contributed by atoms with Gasteiger partial charge in [0.15, 0.2) is 58.9 Å². The van der Waals surface area contributed by atoms with Crippen molar-refractivity contribution in [3.05, 3.63) is 29.8 Å². The van der Waals surface area contributed by atoms with Gasteiger partial charge in [-0.1, -0.05) is 5.10 Å². The third-order valence-electron chi connectivity index (χ3n) is 8.16. The van der Waals surface area contributed by atoms with Gasteiger partial charge in [0.25, 0.3) is 59.0 Å². The highest BCUT2D eigenvalue weighted by Gasteiger charge is 2.38. The fraction of sp³-hybridized carbons (Fsp3) is 0.370. The van der Waals surface area contributed by atoms with Gasteiger partial charge in [-0.3, -0.25) is 10.1 Å². The molecule has 10 heterocycles. The number of hydroxylamine groups is 10. The minimum atomic E-state index is -0.742. The first-order valence-corrected chi connectivity index (χ1v) is 17.7. The molecule has 0 saturated heterocycles. The average Bonchev–Trinajstić information content (AvgIpc) is 3.08. The Morgan fingerprint density at radius 3 is 0.869 bits per heavy atom. The van der Waals surface area contributed by atoms with Crippen molar-refractivity contribution in [1.29, 1.82) is 0 Å². The van der Waals surface area contributed by atoms with Gasteiger partial charge >= 0.3 is 5.97 Å². The summed E-state index contributed by atoms with van der Waals surface area (Å²) < 4.78 is 0. The Bertz CT molecular complexity index is 2320. The van der Waals surface area contributed by atoms with E-state index < -0.39 is 5.97 Å². The molecule has 0 aliphatic carbocycles. The lowest BCUT2D eigenvalue weighted by Gasteiger charge is -2.37. The monoisotopic (exact) mass is 854 g/mol. The highest BCUT2D eigenvalue weighted by molar-refractivity contribution is 5.91. The van der Waals surface area contributed by atoms with Crippen molar-refractivity contribution < 1.29 is 68.4 Å². The first-order valence-electron chi connectivity index (χ1n) is 17.7. The van der Waals surface area contributed by atoms with Gasteiger partial charge in [-0.2, -0.15) is 5.17 Å². The van der Waals surface area contributed by atoms with Crippen LogP contribution in [0, 0.1) is 0 Å². The summed E-state index contributed by atoms with van der Waals surface area (Å²) in [6, 6.07) is 5.49. The van der Waals surface area contributed by atoms with Crippen LogP contribution < -0.4 is 0 Å². The lowest BCUT2D eigenvalue weighted by atomic mass is 10.2. The summed E-state index contributed by atoms with van der Waals surface area (Å²) in [5, 5.41) is 70.6. The number of aromatic hydroxyl groups is 1. The molecule has 0 fully saturated rings. The molecule has 0 bridgehead atoms. The largest absolute Gasteiger partial charge is 0.508 e. The summed E-state index contributed by atoms with van der Waals surface area (Å²) in [5.74, 6) is 2.71. The molecular formula is C27H26N20O14. The number of phenols is 1. The Morgan fingerprint density at radius 2 is 0.623 bits per heavy atom. The predicted octanol–water partition coefficient (Wildman–Crippen LogP) is -3.45. The molecule has 0 aromatic heterocycles. The molecule has 0 saturated carbocycles. The van der Waals surface area contributed by atoms with Crippen molar-refractivity contribution in [2.45, 2.75) is 0 Å². The highest BCUT2D eigenvalue weighted by Crippen LogP contribution is 2.22. The topological polar surface area (TPSA) is 315 Å². The maximum Gasteiger partial charge on any atom is 0.386 e. The Balaban J connectivity index is 0.511. The van der Waals surface area contributed by atoms with E-state index in [1.165, 1.54) is 70.8 Å². The van der Waals surface area contributed by atoms with E-state index in [0.717, 1.165) is 5.17 Å². The predicted molar refractivity (Wildman–Crippen MR) is 188 cm³/mol. The normalized spacial score (nSPS) is 21.3. The quantitative estimate of drug-likeness (QED) is 0.171. The lowest BCUT2D eigenvalue weighted by molar-refractivity contribution is -0.194. The lowest BCUT2D eigenvalue weighted by Crippen LogP contribution is -2.51. The first kappa shape index (κ1) is 35.3. The van der Waals surface area contributed by atoms with Crippen LogP contribution in [0.5, 0.6) is 5.75 Å². The Morgan fingerprint density at radius 1 is 0.393 bits per heavy atom. The van der Waals surface area contributed by atoms with Crippen molar-refractivity contribution in [2.24, 2.45) is 51.0 Å². The van der Waals surface area contributed by atoms with Crippen LogP contribution in [0.15, 0.2) is 75.3 Å². The standard InChI is InChI=1S/C27H26N20O14/c48-16-3-1-15(2-4-16)27(49)61-60-26-14-47(37-26)59-25-13-46(36-25)58-24-12-45(35-24)57-23-11-44(34-23)56-22-10-43(33-22)55-21-9-42(32-21)54-20-8-41(31-20)53-19-7-40(30-19)52-18-6-39(29-18)51-17-5-38(50)28-17/h1-4,48,50H,5-14H2. The average molecular weight is 855 g/mol. The summed E-state index contributed by atoms with van der Waals surface area (Å²) in [6.45, 7) is 2.44. The smallest absolute Gasteiger partial charge is 0.386 e. The molecule has 318 valence electrons. The summed E-state index contributed by atoms with van der Waals surface area (Å²) in [6.07, 6.45) is 0. The van der Waals surface area contributed by atoms with Crippen LogP contribution in [-0.2, 0) is 53.3 Å². The first-order chi connectivity index (χ1) is 29.7. The van der Waals surface area contributed by atoms with Crippen LogP contribution in [0.3, 0.4) is 0 Å². The van der Waals surface area contributed by atoms with Crippen LogP contribution in [0.25, 0.3) is 0 Å². The second kappa shape index (κ2) is 14.2. The maximum absolute atomic E-state index is 11.9. The zero-order chi connectivity index (χ0) is 41.0. The molecule has 61 heavy (non-hydrogen) atoms. The van der Waals surface area contributed by atoms with Crippen LogP contribution in [0.4, 0.5) is 0 Å². The van der Waals surface area contributed by atoms with Gasteiger partial charge in [-0.25, -0.2) is 9.68 Å². The molecule has 34 heteroatoms. The van der Waals surface area contributed by atoms with E-state index in [4.69, 9.17) is 58.5 Å². The zero-order valence-corrected chi connectivity index (χ0v) is 30.6. The van der Waals surface area contributed by atoms with Crippen LogP contribution in [-0.4, -0.2) is 192 Å². The molecule has 2 N–H and O–H groups in total. The summed E-state index contributed by atoms with van der Waals surface area (Å²) in [4.78, 5) is 70.7. The summed E-state index contributed by atoms with van der Waals surface area (Å²) >= 11 is 0. The molecule has 0 unspecified atom stereocenters. The number of hydrogen-bond acceptors (Lipinski definition) is 34. The van der Waals surface area contributed by atoms with Crippen molar-refractivity contribution in [2.75, 3.05) is 65.4 Å². The second-order valence-electron chi connectivity index (χ2n) is 12.9. The van der Waals surface area contributed by atoms with Crippen LogP contribution >= 0.6 is 0 Å². The number of carbonyl (C=O) groups is 1. The second-order valence-corrected chi connectivity index (χ2v) is 12.9. The minimum absolute atomic E-state index is 0.0213. The van der Waals surface area contributed by atoms with E-state index in [0.29, 0.717) is 59.6 Å². The number of phenolic OH excluding ortho intramolecular Hbond substituents is 1. The van der Waals surface area contributed by atoms with Gasteiger partial charge in [-0.05, 0) is 24.3 Å². The van der Waals surface area contributed by atoms with E-state index >= 15 is 0 Å². The Hall–Kier alpha value is -8.85. The molecular weight excluding hydrogens is 828 g/mol.